The number of nitrogens with zero attached hydrogens (tertiary/aromatic N) is 1. The molecule has 0 amide bonds. The Morgan fingerprint density at radius 2 is 2.06 bits per heavy atom. The third kappa shape index (κ3) is 1.54. The number of pyridine rings is 1. The first-order chi connectivity index (χ1) is 8.66. The van der Waals surface area contributed by atoms with E-state index in [4.69, 9.17) is 16.3 Å². The number of hydrogen-bond acceptors (Lipinski definition) is 3. The topological polar surface area (TPSA) is 34.1 Å². The zero-order valence-electron chi connectivity index (χ0n) is 10.9. The molecule has 0 atom stereocenters. The number of aromatic nitrogens is 1. The van der Waals surface area contributed by atoms with E-state index < -0.39 is 0 Å². The van der Waals surface area contributed by atoms with E-state index in [2.05, 4.69) is 30.2 Å². The highest BCUT2D eigenvalue weighted by Gasteiger charge is 2.50. The summed E-state index contributed by atoms with van der Waals surface area (Å²) in [4.78, 5) is 4.66. The van der Waals surface area contributed by atoms with Crippen LogP contribution in [0.15, 0.2) is 12.1 Å². The summed E-state index contributed by atoms with van der Waals surface area (Å²) in [7, 11) is 0. The molecule has 2 aliphatic heterocycles. The first-order valence-electron chi connectivity index (χ1n) is 6.66. The molecule has 1 N–H and O–H groups in total. The van der Waals surface area contributed by atoms with Gasteiger partial charge in [-0.15, -0.1) is 0 Å². The summed E-state index contributed by atoms with van der Waals surface area (Å²) >= 11 is 6.11. The summed E-state index contributed by atoms with van der Waals surface area (Å²) in [5.41, 5.74) is 2.57. The molecule has 0 unspecified atom stereocenters. The van der Waals surface area contributed by atoms with Crippen molar-refractivity contribution in [2.24, 2.45) is 0 Å². The molecule has 4 heteroatoms. The number of halogens is 1. The smallest absolute Gasteiger partial charge is 0.129 e. The Hall–Kier alpha value is -0.640. The Bertz CT molecular complexity index is 467. The fourth-order valence-electron chi connectivity index (χ4n) is 3.14. The van der Waals surface area contributed by atoms with Gasteiger partial charge in [0.25, 0.3) is 0 Å². The molecule has 98 valence electrons. The number of hydrogen-bond donors (Lipinski definition) is 1. The van der Waals surface area contributed by atoms with Gasteiger partial charge in [-0.05, 0) is 24.5 Å². The summed E-state index contributed by atoms with van der Waals surface area (Å²) in [6.07, 6.45) is 2.15. The lowest BCUT2D eigenvalue weighted by atomic mass is 9.69. The maximum atomic E-state index is 6.11. The van der Waals surface area contributed by atoms with Gasteiger partial charge in [0.1, 0.15) is 5.15 Å². The minimum absolute atomic E-state index is 0.0131. The van der Waals surface area contributed by atoms with Crippen molar-refractivity contribution in [2.45, 2.75) is 37.6 Å². The molecule has 3 rings (SSSR count). The summed E-state index contributed by atoms with van der Waals surface area (Å²) in [5.74, 6) is 0. The maximum absolute atomic E-state index is 6.11. The van der Waals surface area contributed by atoms with Crippen LogP contribution in [0.5, 0.6) is 0 Å². The normalized spacial score (nSPS) is 23.5. The van der Waals surface area contributed by atoms with Crippen molar-refractivity contribution in [2.75, 3.05) is 19.8 Å². The van der Waals surface area contributed by atoms with Crippen molar-refractivity contribution in [3.63, 3.8) is 0 Å². The van der Waals surface area contributed by atoms with Gasteiger partial charge in [-0.3, -0.25) is 0 Å². The Morgan fingerprint density at radius 3 is 2.61 bits per heavy atom. The van der Waals surface area contributed by atoms with E-state index in [1.54, 1.807) is 0 Å². The molecule has 1 fully saturated rings. The Labute approximate surface area is 113 Å². The van der Waals surface area contributed by atoms with E-state index in [1.807, 2.05) is 6.07 Å². The van der Waals surface area contributed by atoms with Gasteiger partial charge in [0.05, 0.1) is 24.4 Å². The molecule has 3 heterocycles. The van der Waals surface area contributed by atoms with Crippen LogP contribution in [-0.4, -0.2) is 24.7 Å². The molecule has 0 saturated carbocycles. The highest BCUT2D eigenvalue weighted by Crippen LogP contribution is 2.44. The average Bonchev–Trinajstić information content (AvgIpc) is 2.35. The lowest BCUT2D eigenvalue weighted by Crippen LogP contribution is -2.64. The third-order valence-corrected chi connectivity index (χ3v) is 4.91. The van der Waals surface area contributed by atoms with Crippen LogP contribution in [0.2, 0.25) is 5.15 Å². The van der Waals surface area contributed by atoms with Crippen molar-refractivity contribution in [3.05, 3.63) is 28.5 Å². The van der Waals surface area contributed by atoms with Crippen LogP contribution in [0.4, 0.5) is 0 Å². The van der Waals surface area contributed by atoms with E-state index in [9.17, 15) is 0 Å². The van der Waals surface area contributed by atoms with Gasteiger partial charge in [0, 0.05) is 12.0 Å². The van der Waals surface area contributed by atoms with Crippen LogP contribution in [0, 0.1) is 0 Å². The van der Waals surface area contributed by atoms with E-state index in [0.717, 1.165) is 32.6 Å². The molecule has 1 spiro atoms. The molecule has 1 saturated heterocycles. The van der Waals surface area contributed by atoms with Gasteiger partial charge in [0.2, 0.25) is 0 Å². The Balaban J connectivity index is 2.16. The second kappa shape index (κ2) is 4.19. The Morgan fingerprint density at radius 1 is 1.33 bits per heavy atom. The van der Waals surface area contributed by atoms with Gasteiger partial charge < -0.3 is 10.1 Å². The summed E-state index contributed by atoms with van der Waals surface area (Å²) in [5, 5.41) is 4.29. The van der Waals surface area contributed by atoms with Crippen molar-refractivity contribution < 1.29 is 4.74 Å². The minimum Gasteiger partial charge on any atom is -0.377 e. The number of rotatable bonds is 2. The first kappa shape index (κ1) is 12.4. The second-order valence-corrected chi connectivity index (χ2v) is 5.83. The van der Waals surface area contributed by atoms with Crippen molar-refractivity contribution in [1.82, 2.24) is 10.3 Å². The molecule has 0 radical (unpaired) electrons. The van der Waals surface area contributed by atoms with Crippen LogP contribution in [0.25, 0.3) is 0 Å². The molecule has 0 bridgehead atoms. The van der Waals surface area contributed by atoms with E-state index in [-0.39, 0.29) is 11.0 Å². The predicted molar refractivity (Wildman–Crippen MR) is 72.0 cm³/mol. The Kier molecular flexibility index (Phi) is 2.88. The monoisotopic (exact) mass is 266 g/mol. The molecule has 0 aromatic carbocycles. The molecular formula is C14H19ClN2O. The zero-order valence-corrected chi connectivity index (χ0v) is 11.7. The quantitative estimate of drug-likeness (QED) is 0.836. The fraction of sp³-hybridized carbons (Fsp3) is 0.643. The summed E-state index contributed by atoms with van der Waals surface area (Å²) in [6, 6.07) is 4.02. The summed E-state index contributed by atoms with van der Waals surface area (Å²) in [6.45, 7) is 6.91. The lowest BCUT2D eigenvalue weighted by Gasteiger charge is -2.51. The first-order valence-corrected chi connectivity index (χ1v) is 7.04. The van der Waals surface area contributed by atoms with Gasteiger partial charge in [-0.1, -0.05) is 31.5 Å². The zero-order chi connectivity index (χ0) is 12.8. The standard InChI is InChI=1S/C14H19ClN2O/c1-3-13(4-2)7-16-14(8-18-9-14)10-5-6-11(15)17-12(10)13/h5-6,16H,3-4,7-9H2,1-2H3. The lowest BCUT2D eigenvalue weighted by molar-refractivity contribution is -0.0874. The van der Waals surface area contributed by atoms with Crippen molar-refractivity contribution >= 4 is 11.6 Å². The van der Waals surface area contributed by atoms with E-state index in [0.29, 0.717) is 5.15 Å². The molecule has 18 heavy (non-hydrogen) atoms. The fourth-order valence-corrected chi connectivity index (χ4v) is 3.29. The van der Waals surface area contributed by atoms with Crippen LogP contribution in [0.1, 0.15) is 37.9 Å². The number of fused-ring (bicyclic) bond motifs is 2. The molecule has 1 aromatic rings. The van der Waals surface area contributed by atoms with Crippen molar-refractivity contribution in [3.8, 4) is 0 Å². The molecule has 1 aromatic heterocycles. The average molecular weight is 267 g/mol. The largest absolute Gasteiger partial charge is 0.377 e. The van der Waals surface area contributed by atoms with Gasteiger partial charge in [0.15, 0.2) is 0 Å². The van der Waals surface area contributed by atoms with Crippen LogP contribution < -0.4 is 5.32 Å². The highest BCUT2D eigenvalue weighted by molar-refractivity contribution is 6.29. The number of nitrogens with one attached hydrogen (secondary N) is 1. The number of ether oxygens (including phenoxy) is 1. The van der Waals surface area contributed by atoms with Crippen LogP contribution >= 0.6 is 11.6 Å². The van der Waals surface area contributed by atoms with Crippen LogP contribution in [0.3, 0.4) is 0 Å². The van der Waals surface area contributed by atoms with Crippen molar-refractivity contribution in [1.29, 1.82) is 0 Å². The minimum atomic E-state index is -0.0131. The van der Waals surface area contributed by atoms with Gasteiger partial charge >= 0.3 is 0 Å². The summed E-state index contributed by atoms with van der Waals surface area (Å²) < 4.78 is 5.41. The molecule has 2 aliphatic rings. The molecule has 0 aliphatic carbocycles. The van der Waals surface area contributed by atoms with E-state index in [1.165, 1.54) is 11.3 Å². The van der Waals surface area contributed by atoms with Gasteiger partial charge in [-0.2, -0.15) is 0 Å². The maximum Gasteiger partial charge on any atom is 0.129 e. The van der Waals surface area contributed by atoms with Crippen LogP contribution in [-0.2, 0) is 15.7 Å². The predicted octanol–water partition coefficient (Wildman–Crippen LogP) is 2.62. The van der Waals surface area contributed by atoms with E-state index >= 15 is 0 Å². The molecular weight excluding hydrogens is 248 g/mol. The third-order valence-electron chi connectivity index (χ3n) is 4.69. The molecule has 3 nitrogen and oxygen atoms in total. The second-order valence-electron chi connectivity index (χ2n) is 5.45. The van der Waals surface area contributed by atoms with Gasteiger partial charge in [-0.25, -0.2) is 4.98 Å². The SMILES string of the molecule is CCC1(CC)CNC2(COC2)c2ccc(Cl)nc21. The highest BCUT2D eigenvalue weighted by atomic mass is 35.5.